The lowest BCUT2D eigenvalue weighted by Gasteiger charge is -2.11. The van der Waals surface area contributed by atoms with Gasteiger partial charge in [0.1, 0.15) is 5.82 Å². The van der Waals surface area contributed by atoms with Crippen LogP contribution < -0.4 is 0 Å². The largest absolute Gasteiger partial charge is 0.416 e. The van der Waals surface area contributed by atoms with Gasteiger partial charge in [-0.3, -0.25) is 4.79 Å². The molecule has 0 unspecified atom stereocenters. The third-order valence-corrected chi connectivity index (χ3v) is 2.03. The van der Waals surface area contributed by atoms with Crippen LogP contribution >= 0.6 is 11.6 Å². The SMILES string of the molecule is Cc1cc(C(=O)Cl)c(F)cc1C(F)(F)F. The standard InChI is InChI=1S/C9H5ClF4O/c1-4-2-5(8(10)15)7(11)3-6(4)9(12,13)14/h2-3H,1H3. The summed E-state index contributed by atoms with van der Waals surface area (Å²) in [4.78, 5) is 10.6. The molecule has 1 rings (SSSR count). The van der Waals surface area contributed by atoms with Gasteiger partial charge in [-0.05, 0) is 36.2 Å². The molecule has 0 heterocycles. The molecule has 0 saturated carbocycles. The molecular weight excluding hydrogens is 236 g/mol. The van der Waals surface area contributed by atoms with Gasteiger partial charge >= 0.3 is 6.18 Å². The fraction of sp³-hybridized carbons (Fsp3) is 0.222. The monoisotopic (exact) mass is 240 g/mol. The maximum atomic E-state index is 13.0. The van der Waals surface area contributed by atoms with Gasteiger partial charge in [0.15, 0.2) is 0 Å². The van der Waals surface area contributed by atoms with Gasteiger partial charge in [-0.15, -0.1) is 0 Å². The second kappa shape index (κ2) is 3.81. The van der Waals surface area contributed by atoms with Gasteiger partial charge in [0.25, 0.3) is 5.24 Å². The van der Waals surface area contributed by atoms with Crippen molar-refractivity contribution in [3.05, 3.63) is 34.6 Å². The summed E-state index contributed by atoms with van der Waals surface area (Å²) >= 11 is 4.99. The van der Waals surface area contributed by atoms with Crippen LogP contribution in [0.2, 0.25) is 0 Å². The van der Waals surface area contributed by atoms with Crippen molar-refractivity contribution in [2.75, 3.05) is 0 Å². The number of aryl methyl sites for hydroxylation is 1. The Labute approximate surface area is 87.7 Å². The zero-order valence-corrected chi connectivity index (χ0v) is 8.21. The normalized spacial score (nSPS) is 11.6. The zero-order chi connectivity index (χ0) is 11.8. The lowest BCUT2D eigenvalue weighted by atomic mass is 10.0. The first-order valence-electron chi connectivity index (χ1n) is 3.80. The highest BCUT2D eigenvalue weighted by molar-refractivity contribution is 6.67. The molecule has 0 aliphatic carbocycles. The summed E-state index contributed by atoms with van der Waals surface area (Å²) in [6.45, 7) is 1.13. The van der Waals surface area contributed by atoms with Crippen LogP contribution in [0.4, 0.5) is 17.6 Å². The third-order valence-electron chi connectivity index (χ3n) is 1.83. The topological polar surface area (TPSA) is 17.1 Å². The van der Waals surface area contributed by atoms with E-state index in [0.717, 1.165) is 13.0 Å². The minimum atomic E-state index is -4.64. The highest BCUT2D eigenvalue weighted by Gasteiger charge is 2.33. The van der Waals surface area contributed by atoms with Crippen molar-refractivity contribution in [3.8, 4) is 0 Å². The molecule has 0 radical (unpaired) electrons. The van der Waals surface area contributed by atoms with E-state index in [0.29, 0.717) is 0 Å². The summed E-state index contributed by atoms with van der Waals surface area (Å²) in [7, 11) is 0. The summed E-state index contributed by atoms with van der Waals surface area (Å²) in [5, 5.41) is -1.12. The van der Waals surface area contributed by atoms with Crippen molar-refractivity contribution in [1.29, 1.82) is 0 Å². The van der Waals surface area contributed by atoms with E-state index in [1.54, 1.807) is 0 Å². The highest BCUT2D eigenvalue weighted by Crippen LogP contribution is 2.33. The number of halogens is 5. The maximum absolute atomic E-state index is 13.0. The van der Waals surface area contributed by atoms with E-state index in [-0.39, 0.29) is 11.6 Å². The molecule has 0 fully saturated rings. The Morgan fingerprint density at radius 2 is 1.87 bits per heavy atom. The van der Waals surface area contributed by atoms with Gasteiger partial charge in [-0.25, -0.2) is 4.39 Å². The van der Waals surface area contributed by atoms with Gasteiger partial charge in [0, 0.05) is 0 Å². The van der Waals surface area contributed by atoms with E-state index in [1.165, 1.54) is 0 Å². The first kappa shape index (κ1) is 12.0. The second-order valence-corrected chi connectivity index (χ2v) is 3.26. The molecule has 0 spiro atoms. The minimum absolute atomic E-state index is 0.243. The smallest absolute Gasteiger partial charge is 0.275 e. The molecular formula is C9H5ClF4O. The Balaban J connectivity index is 3.39. The molecule has 0 aliphatic heterocycles. The van der Waals surface area contributed by atoms with E-state index in [9.17, 15) is 22.4 Å². The minimum Gasteiger partial charge on any atom is -0.275 e. The molecule has 1 nitrogen and oxygen atoms in total. The number of carbonyl (C=O) groups is 1. The van der Waals surface area contributed by atoms with Crippen LogP contribution in [0.25, 0.3) is 0 Å². The van der Waals surface area contributed by atoms with Crippen molar-refractivity contribution in [1.82, 2.24) is 0 Å². The van der Waals surface area contributed by atoms with E-state index in [1.807, 2.05) is 0 Å². The van der Waals surface area contributed by atoms with Gasteiger partial charge in [0.2, 0.25) is 0 Å². The first-order chi connectivity index (χ1) is 6.73. The van der Waals surface area contributed by atoms with Crippen molar-refractivity contribution in [2.45, 2.75) is 13.1 Å². The molecule has 6 heteroatoms. The fourth-order valence-corrected chi connectivity index (χ4v) is 1.28. The zero-order valence-electron chi connectivity index (χ0n) is 7.45. The average molecular weight is 241 g/mol. The fourth-order valence-electron chi connectivity index (χ4n) is 1.14. The van der Waals surface area contributed by atoms with Gasteiger partial charge in [0.05, 0.1) is 11.1 Å². The number of hydrogen-bond acceptors (Lipinski definition) is 1. The van der Waals surface area contributed by atoms with Crippen molar-refractivity contribution in [2.24, 2.45) is 0 Å². The highest BCUT2D eigenvalue weighted by atomic mass is 35.5. The Morgan fingerprint density at radius 1 is 1.33 bits per heavy atom. The molecule has 0 N–H and O–H groups in total. The summed E-state index contributed by atoms with van der Waals surface area (Å²) in [5.74, 6) is -1.27. The predicted molar refractivity (Wildman–Crippen MR) is 46.3 cm³/mol. The predicted octanol–water partition coefficient (Wildman–Crippen LogP) is 3.53. The Hall–Kier alpha value is -1.10. The van der Waals surface area contributed by atoms with Gasteiger partial charge in [-0.1, -0.05) is 0 Å². The first-order valence-corrected chi connectivity index (χ1v) is 4.18. The maximum Gasteiger partial charge on any atom is 0.416 e. The molecule has 0 saturated heterocycles. The van der Waals surface area contributed by atoms with Crippen molar-refractivity contribution in [3.63, 3.8) is 0 Å². The van der Waals surface area contributed by atoms with E-state index < -0.39 is 28.4 Å². The number of rotatable bonds is 1. The second-order valence-electron chi connectivity index (χ2n) is 2.92. The molecule has 0 aromatic heterocycles. The summed E-state index contributed by atoms with van der Waals surface area (Å²) in [6, 6.07) is 1.05. The number of hydrogen-bond donors (Lipinski definition) is 0. The van der Waals surface area contributed by atoms with Crippen molar-refractivity contribution >= 4 is 16.8 Å². The molecule has 0 bridgehead atoms. The van der Waals surface area contributed by atoms with Crippen LogP contribution in [0.5, 0.6) is 0 Å². The number of benzene rings is 1. The lowest BCUT2D eigenvalue weighted by Crippen LogP contribution is -2.10. The molecule has 0 amide bonds. The summed E-state index contributed by atoms with van der Waals surface area (Å²) < 4.78 is 49.8. The molecule has 0 atom stereocenters. The molecule has 82 valence electrons. The average Bonchev–Trinajstić information content (AvgIpc) is 2.06. The van der Waals surface area contributed by atoms with Gasteiger partial charge in [-0.2, -0.15) is 13.2 Å². The Morgan fingerprint density at radius 3 is 2.27 bits per heavy atom. The molecule has 1 aromatic rings. The number of alkyl halides is 3. The quantitative estimate of drug-likeness (QED) is 0.542. The Bertz CT molecular complexity index is 411. The third kappa shape index (κ3) is 2.47. The molecule has 1 aromatic carbocycles. The summed E-state index contributed by atoms with van der Waals surface area (Å²) in [5.41, 5.74) is -1.91. The molecule has 0 aliphatic rings. The lowest BCUT2D eigenvalue weighted by molar-refractivity contribution is -0.138. The van der Waals surface area contributed by atoms with E-state index >= 15 is 0 Å². The van der Waals surface area contributed by atoms with E-state index in [4.69, 9.17) is 11.6 Å². The van der Waals surface area contributed by atoms with Crippen LogP contribution in [0.15, 0.2) is 12.1 Å². The van der Waals surface area contributed by atoms with Crippen LogP contribution in [0, 0.1) is 12.7 Å². The van der Waals surface area contributed by atoms with Gasteiger partial charge < -0.3 is 0 Å². The van der Waals surface area contributed by atoms with Crippen LogP contribution in [-0.2, 0) is 6.18 Å². The number of carbonyl (C=O) groups excluding carboxylic acids is 1. The van der Waals surface area contributed by atoms with Crippen LogP contribution in [0.1, 0.15) is 21.5 Å². The molecule has 15 heavy (non-hydrogen) atoms. The summed E-state index contributed by atoms with van der Waals surface area (Å²) in [6.07, 6.45) is -4.64. The van der Waals surface area contributed by atoms with Crippen LogP contribution in [0.3, 0.4) is 0 Å². The van der Waals surface area contributed by atoms with Crippen LogP contribution in [-0.4, -0.2) is 5.24 Å². The Kier molecular flexibility index (Phi) is 3.04. The van der Waals surface area contributed by atoms with E-state index in [2.05, 4.69) is 0 Å². The van der Waals surface area contributed by atoms with Crippen molar-refractivity contribution < 1.29 is 22.4 Å².